The summed E-state index contributed by atoms with van der Waals surface area (Å²) in [5.41, 5.74) is 1.11. The van der Waals surface area contributed by atoms with E-state index < -0.39 is 11.9 Å². The van der Waals surface area contributed by atoms with Crippen molar-refractivity contribution < 1.29 is 24.1 Å². The third kappa shape index (κ3) is 3.86. The molecule has 0 radical (unpaired) electrons. The molecule has 0 bridgehead atoms. The third-order valence-corrected chi connectivity index (χ3v) is 4.09. The van der Waals surface area contributed by atoms with Gasteiger partial charge >= 0.3 is 0 Å². The topological polar surface area (TPSA) is 57.2 Å². The average molecular weight is 308 g/mol. The minimum atomic E-state index is -0.610. The molecule has 0 saturated carbocycles. The lowest BCUT2D eigenvalue weighted by Crippen LogP contribution is -2.57. The first-order valence-corrected chi connectivity index (χ1v) is 7.80. The Morgan fingerprint density at radius 1 is 1.23 bits per heavy atom. The van der Waals surface area contributed by atoms with Crippen molar-refractivity contribution in [3.05, 3.63) is 35.9 Å². The van der Waals surface area contributed by atoms with Crippen molar-refractivity contribution in [2.45, 2.75) is 57.1 Å². The Balaban J connectivity index is 1.49. The number of hydrogen-bond acceptors (Lipinski definition) is 5. The Kier molecular flexibility index (Phi) is 4.80. The zero-order valence-corrected chi connectivity index (χ0v) is 13.1. The van der Waals surface area contributed by atoms with Crippen LogP contribution >= 0.6 is 0 Å². The summed E-state index contributed by atoms with van der Waals surface area (Å²) in [6.45, 7) is 5.12. The first-order valence-electron chi connectivity index (χ1n) is 7.80. The zero-order valence-electron chi connectivity index (χ0n) is 13.1. The number of rotatable bonds is 4. The van der Waals surface area contributed by atoms with Crippen molar-refractivity contribution in [2.75, 3.05) is 13.2 Å². The second-order valence-corrected chi connectivity index (χ2v) is 6.38. The van der Waals surface area contributed by atoms with Gasteiger partial charge in [0.05, 0.1) is 32.0 Å². The maximum Gasteiger partial charge on any atom is 0.163 e. The van der Waals surface area contributed by atoms with Crippen LogP contribution in [0.4, 0.5) is 0 Å². The molecule has 1 aromatic rings. The SMILES string of the molecule is CC1(C)OC[C@H]2O[C@@H](COCc3ccccc3)[C@H](O)C[C@@H]2O1. The fourth-order valence-electron chi connectivity index (χ4n) is 2.91. The molecule has 5 nitrogen and oxygen atoms in total. The van der Waals surface area contributed by atoms with Gasteiger partial charge in [-0.3, -0.25) is 0 Å². The van der Waals surface area contributed by atoms with E-state index in [1.165, 1.54) is 0 Å². The van der Waals surface area contributed by atoms with Gasteiger partial charge in [-0.2, -0.15) is 0 Å². The lowest BCUT2D eigenvalue weighted by molar-refractivity contribution is -0.338. The number of benzene rings is 1. The number of ether oxygens (including phenoxy) is 4. The molecule has 2 aliphatic rings. The van der Waals surface area contributed by atoms with E-state index in [2.05, 4.69) is 0 Å². The van der Waals surface area contributed by atoms with Crippen LogP contribution in [-0.2, 0) is 25.6 Å². The van der Waals surface area contributed by atoms with Gasteiger partial charge in [-0.15, -0.1) is 0 Å². The smallest absolute Gasteiger partial charge is 0.163 e. The van der Waals surface area contributed by atoms with Gasteiger partial charge in [0, 0.05) is 6.42 Å². The zero-order chi connectivity index (χ0) is 15.6. The second-order valence-electron chi connectivity index (χ2n) is 6.38. The van der Waals surface area contributed by atoms with Crippen molar-refractivity contribution in [1.82, 2.24) is 0 Å². The normalized spacial score (nSPS) is 34.1. The van der Waals surface area contributed by atoms with Gasteiger partial charge in [0.25, 0.3) is 0 Å². The van der Waals surface area contributed by atoms with E-state index >= 15 is 0 Å². The van der Waals surface area contributed by atoms with Gasteiger partial charge in [-0.1, -0.05) is 30.3 Å². The number of fused-ring (bicyclic) bond motifs is 1. The van der Waals surface area contributed by atoms with Crippen molar-refractivity contribution in [1.29, 1.82) is 0 Å². The second kappa shape index (κ2) is 6.64. The molecule has 1 aromatic carbocycles. The van der Waals surface area contributed by atoms with Gasteiger partial charge in [-0.25, -0.2) is 0 Å². The molecular formula is C17H24O5. The van der Waals surface area contributed by atoms with Crippen LogP contribution < -0.4 is 0 Å². The largest absolute Gasteiger partial charge is 0.390 e. The Hall–Kier alpha value is -0.980. The van der Waals surface area contributed by atoms with Crippen LogP contribution in [0.5, 0.6) is 0 Å². The molecule has 0 unspecified atom stereocenters. The number of aliphatic hydroxyl groups is 1. The predicted molar refractivity (Wildman–Crippen MR) is 80.3 cm³/mol. The first-order chi connectivity index (χ1) is 10.5. The average Bonchev–Trinajstić information content (AvgIpc) is 2.48. The van der Waals surface area contributed by atoms with Crippen molar-refractivity contribution >= 4 is 0 Å². The van der Waals surface area contributed by atoms with E-state index in [0.29, 0.717) is 26.2 Å². The first kappa shape index (κ1) is 15.9. The maximum atomic E-state index is 10.2. The Bertz CT molecular complexity index is 475. The minimum absolute atomic E-state index is 0.121. The van der Waals surface area contributed by atoms with Crippen molar-refractivity contribution in [2.24, 2.45) is 0 Å². The summed E-state index contributed by atoms with van der Waals surface area (Å²) in [6, 6.07) is 9.96. The van der Waals surface area contributed by atoms with Crippen LogP contribution in [0.3, 0.4) is 0 Å². The van der Waals surface area contributed by atoms with E-state index in [0.717, 1.165) is 5.56 Å². The lowest BCUT2D eigenvalue weighted by atomic mass is 9.97. The monoisotopic (exact) mass is 308 g/mol. The van der Waals surface area contributed by atoms with Gasteiger partial charge in [0.2, 0.25) is 0 Å². The standard InChI is InChI=1S/C17H24O5/c1-17(2)20-11-16-14(22-17)8-13(18)15(21-16)10-19-9-12-6-4-3-5-7-12/h3-7,13-16,18H,8-11H2,1-2H3/t13-,14+,15+,16-/m1/s1. The van der Waals surface area contributed by atoms with Crippen LogP contribution in [-0.4, -0.2) is 48.5 Å². The summed E-state index contributed by atoms with van der Waals surface area (Å²) in [4.78, 5) is 0. The Morgan fingerprint density at radius 3 is 2.77 bits per heavy atom. The number of aliphatic hydroxyl groups excluding tert-OH is 1. The highest BCUT2D eigenvalue weighted by molar-refractivity contribution is 5.13. The molecule has 122 valence electrons. The molecule has 5 heteroatoms. The minimum Gasteiger partial charge on any atom is -0.390 e. The summed E-state index contributed by atoms with van der Waals surface area (Å²) < 4.78 is 23.0. The van der Waals surface area contributed by atoms with Gasteiger partial charge < -0.3 is 24.1 Å². The van der Waals surface area contributed by atoms with E-state index in [9.17, 15) is 5.11 Å². The van der Waals surface area contributed by atoms with E-state index in [-0.39, 0.29) is 18.3 Å². The third-order valence-electron chi connectivity index (χ3n) is 4.09. The highest BCUT2D eigenvalue weighted by Crippen LogP contribution is 2.32. The fourth-order valence-corrected chi connectivity index (χ4v) is 2.91. The highest BCUT2D eigenvalue weighted by atomic mass is 16.7. The summed E-state index contributed by atoms with van der Waals surface area (Å²) >= 11 is 0. The molecule has 0 aromatic heterocycles. The molecule has 0 amide bonds. The molecule has 22 heavy (non-hydrogen) atoms. The van der Waals surface area contributed by atoms with E-state index in [1.54, 1.807) is 0 Å². The van der Waals surface area contributed by atoms with Gasteiger partial charge in [0.1, 0.15) is 12.2 Å². The lowest BCUT2D eigenvalue weighted by Gasteiger charge is -2.46. The molecule has 0 aliphatic carbocycles. The van der Waals surface area contributed by atoms with Crippen LogP contribution in [0.2, 0.25) is 0 Å². The summed E-state index contributed by atoms with van der Waals surface area (Å²) in [5.74, 6) is -0.610. The number of hydrogen-bond donors (Lipinski definition) is 1. The molecular weight excluding hydrogens is 284 g/mol. The van der Waals surface area contributed by atoms with Crippen LogP contribution in [0, 0.1) is 0 Å². The highest BCUT2D eigenvalue weighted by Gasteiger charge is 2.44. The van der Waals surface area contributed by atoms with Crippen LogP contribution in [0.1, 0.15) is 25.8 Å². The predicted octanol–water partition coefficient (Wildman–Crippen LogP) is 1.87. The Morgan fingerprint density at radius 2 is 2.00 bits per heavy atom. The van der Waals surface area contributed by atoms with Crippen molar-refractivity contribution in [3.8, 4) is 0 Å². The maximum absolute atomic E-state index is 10.2. The van der Waals surface area contributed by atoms with Gasteiger partial charge in [0.15, 0.2) is 5.79 Å². The molecule has 2 aliphatic heterocycles. The van der Waals surface area contributed by atoms with Crippen LogP contribution in [0.25, 0.3) is 0 Å². The molecule has 3 rings (SSSR count). The summed E-state index contributed by atoms with van der Waals surface area (Å²) in [6.07, 6.45) is -0.619. The van der Waals surface area contributed by atoms with Gasteiger partial charge in [-0.05, 0) is 19.4 Å². The molecule has 4 atom stereocenters. The molecule has 2 heterocycles. The van der Waals surface area contributed by atoms with E-state index in [1.807, 2.05) is 44.2 Å². The van der Waals surface area contributed by atoms with Crippen molar-refractivity contribution in [3.63, 3.8) is 0 Å². The fraction of sp³-hybridized carbons (Fsp3) is 0.647. The molecule has 2 saturated heterocycles. The van der Waals surface area contributed by atoms with Crippen LogP contribution in [0.15, 0.2) is 30.3 Å². The van der Waals surface area contributed by atoms with E-state index in [4.69, 9.17) is 18.9 Å². The molecule has 1 N–H and O–H groups in total. The molecule has 0 spiro atoms. The quantitative estimate of drug-likeness (QED) is 0.920. The summed E-state index contributed by atoms with van der Waals surface area (Å²) in [5, 5.41) is 10.2. The Labute approximate surface area is 131 Å². The molecule has 2 fully saturated rings. The summed E-state index contributed by atoms with van der Waals surface area (Å²) in [7, 11) is 0.